The van der Waals surface area contributed by atoms with Crippen LogP contribution in [0.3, 0.4) is 0 Å². The fraction of sp³-hybridized carbons (Fsp3) is 0.818. The maximum atomic E-state index is 11.8. The molecular weight excluding hydrogens is 240 g/mol. The van der Waals surface area contributed by atoms with E-state index in [0.29, 0.717) is 13.1 Å². The van der Waals surface area contributed by atoms with Crippen molar-refractivity contribution in [3.05, 3.63) is 0 Å². The summed E-state index contributed by atoms with van der Waals surface area (Å²) in [5.41, 5.74) is 0. The number of carboxylic acids is 1. The average molecular weight is 260 g/mol. The first-order valence-corrected chi connectivity index (χ1v) is 5.94. The number of nitrogens with zero attached hydrogens (tertiary/aromatic N) is 1. The van der Waals surface area contributed by atoms with Crippen molar-refractivity contribution in [3.8, 4) is 0 Å². The third-order valence-electron chi connectivity index (χ3n) is 3.09. The quantitative estimate of drug-likeness (QED) is 0.641. The molecule has 1 rings (SSSR count). The summed E-state index contributed by atoms with van der Waals surface area (Å²) < 4.78 is 5.18. The first kappa shape index (κ1) is 14.7. The number of hydrogen-bond donors (Lipinski definition) is 3. The molecule has 7 heteroatoms. The van der Waals surface area contributed by atoms with Crippen LogP contribution in [0.4, 0.5) is 4.79 Å². The first-order valence-electron chi connectivity index (χ1n) is 5.94. The van der Waals surface area contributed by atoms with E-state index in [0.717, 1.165) is 12.8 Å². The highest BCUT2D eigenvalue weighted by Crippen LogP contribution is 2.13. The lowest BCUT2D eigenvalue weighted by atomic mass is 10.1. The number of urea groups is 1. The number of likely N-dealkylation sites (tertiary alicyclic amines) is 1. The number of methoxy groups -OCH3 is 1. The van der Waals surface area contributed by atoms with Gasteiger partial charge in [-0.05, 0) is 19.8 Å². The number of carboxylic acid groups (broad SMARTS) is 1. The van der Waals surface area contributed by atoms with Crippen molar-refractivity contribution in [2.24, 2.45) is 0 Å². The van der Waals surface area contributed by atoms with Gasteiger partial charge in [0.2, 0.25) is 0 Å². The molecule has 1 heterocycles. The zero-order valence-electron chi connectivity index (χ0n) is 10.6. The van der Waals surface area contributed by atoms with Gasteiger partial charge >= 0.3 is 12.0 Å². The SMILES string of the molecule is COC1CCN(C(=O)N[C@H](C(=O)O)[C@@H](C)O)CC1. The molecule has 18 heavy (non-hydrogen) atoms. The maximum Gasteiger partial charge on any atom is 0.328 e. The molecule has 0 aromatic carbocycles. The molecule has 0 radical (unpaired) electrons. The first-order chi connectivity index (χ1) is 8.45. The molecule has 1 aliphatic heterocycles. The van der Waals surface area contributed by atoms with E-state index in [2.05, 4.69) is 5.32 Å². The second-order valence-corrected chi connectivity index (χ2v) is 4.43. The number of rotatable bonds is 4. The van der Waals surface area contributed by atoms with Gasteiger partial charge < -0.3 is 25.2 Å². The number of ether oxygens (including phenoxy) is 1. The average Bonchev–Trinajstić information content (AvgIpc) is 2.35. The van der Waals surface area contributed by atoms with Crippen LogP contribution in [0.1, 0.15) is 19.8 Å². The third kappa shape index (κ3) is 3.85. The maximum absolute atomic E-state index is 11.8. The highest BCUT2D eigenvalue weighted by molar-refractivity contribution is 5.83. The largest absolute Gasteiger partial charge is 0.480 e. The number of hydrogen-bond acceptors (Lipinski definition) is 4. The van der Waals surface area contributed by atoms with Gasteiger partial charge in [-0.1, -0.05) is 0 Å². The Morgan fingerprint density at radius 1 is 1.39 bits per heavy atom. The third-order valence-corrected chi connectivity index (χ3v) is 3.09. The van der Waals surface area contributed by atoms with Gasteiger partial charge in [0.15, 0.2) is 6.04 Å². The number of carbonyl (C=O) groups is 2. The van der Waals surface area contributed by atoms with Gasteiger partial charge in [0.1, 0.15) is 0 Å². The molecule has 104 valence electrons. The molecule has 1 saturated heterocycles. The van der Waals surface area contributed by atoms with Crippen LogP contribution in [-0.4, -0.2) is 65.6 Å². The van der Waals surface area contributed by atoms with E-state index in [-0.39, 0.29) is 6.10 Å². The highest BCUT2D eigenvalue weighted by Gasteiger charge is 2.29. The zero-order valence-corrected chi connectivity index (χ0v) is 10.6. The number of nitrogens with one attached hydrogen (secondary N) is 1. The summed E-state index contributed by atoms with van der Waals surface area (Å²) in [5.74, 6) is -1.25. The second-order valence-electron chi connectivity index (χ2n) is 4.43. The van der Waals surface area contributed by atoms with Gasteiger partial charge in [-0.25, -0.2) is 9.59 Å². The van der Waals surface area contributed by atoms with E-state index in [4.69, 9.17) is 9.84 Å². The van der Waals surface area contributed by atoms with Crippen molar-refractivity contribution in [2.45, 2.75) is 38.0 Å². The number of carbonyl (C=O) groups excluding carboxylic acids is 1. The van der Waals surface area contributed by atoms with Crippen molar-refractivity contribution >= 4 is 12.0 Å². The molecule has 0 aromatic rings. The standard InChI is InChI=1S/C11H20N2O5/c1-7(14)9(10(15)16)12-11(17)13-5-3-8(18-2)4-6-13/h7-9,14H,3-6H2,1-2H3,(H,12,17)(H,15,16)/t7-,9+/m1/s1. The Hall–Kier alpha value is -1.34. The summed E-state index contributed by atoms with van der Waals surface area (Å²) in [6.07, 6.45) is 0.483. The smallest absolute Gasteiger partial charge is 0.328 e. The van der Waals surface area contributed by atoms with E-state index in [1.165, 1.54) is 11.8 Å². The molecule has 2 amide bonds. The van der Waals surface area contributed by atoms with Crippen molar-refractivity contribution in [2.75, 3.05) is 20.2 Å². The summed E-state index contributed by atoms with van der Waals surface area (Å²) in [5, 5.41) is 20.4. The highest BCUT2D eigenvalue weighted by atomic mass is 16.5. The van der Waals surface area contributed by atoms with Crippen LogP contribution in [0.5, 0.6) is 0 Å². The summed E-state index contributed by atoms with van der Waals surface area (Å²) in [4.78, 5) is 24.2. The van der Waals surface area contributed by atoms with Gasteiger partial charge in [0, 0.05) is 20.2 Å². The molecular formula is C11H20N2O5. The molecule has 1 fully saturated rings. The van der Waals surface area contributed by atoms with Crippen molar-refractivity contribution in [1.82, 2.24) is 10.2 Å². The Morgan fingerprint density at radius 2 is 1.94 bits per heavy atom. The van der Waals surface area contributed by atoms with E-state index >= 15 is 0 Å². The summed E-state index contributed by atoms with van der Waals surface area (Å²) in [6.45, 7) is 2.38. The Balaban J connectivity index is 2.48. The lowest BCUT2D eigenvalue weighted by Gasteiger charge is -2.32. The Labute approximate surface area is 106 Å². The number of piperidine rings is 1. The van der Waals surface area contributed by atoms with E-state index < -0.39 is 24.1 Å². The molecule has 7 nitrogen and oxygen atoms in total. The fourth-order valence-corrected chi connectivity index (χ4v) is 1.91. The molecule has 2 atom stereocenters. The van der Waals surface area contributed by atoms with Gasteiger partial charge in [-0.3, -0.25) is 0 Å². The summed E-state index contributed by atoms with van der Waals surface area (Å²) in [7, 11) is 1.63. The zero-order chi connectivity index (χ0) is 13.7. The van der Waals surface area contributed by atoms with Gasteiger partial charge in [0.25, 0.3) is 0 Å². The topological polar surface area (TPSA) is 99.1 Å². The minimum atomic E-state index is -1.28. The van der Waals surface area contributed by atoms with Crippen LogP contribution >= 0.6 is 0 Å². The van der Waals surface area contributed by atoms with E-state index in [1.807, 2.05) is 0 Å². The van der Waals surface area contributed by atoms with Crippen LogP contribution < -0.4 is 5.32 Å². The second kappa shape index (κ2) is 6.55. The van der Waals surface area contributed by atoms with E-state index in [9.17, 15) is 14.7 Å². The van der Waals surface area contributed by atoms with Crippen LogP contribution in [0.25, 0.3) is 0 Å². The lowest BCUT2D eigenvalue weighted by molar-refractivity contribution is -0.141. The van der Waals surface area contributed by atoms with Crippen LogP contribution in [0.2, 0.25) is 0 Å². The number of aliphatic hydroxyl groups is 1. The molecule has 0 saturated carbocycles. The monoisotopic (exact) mass is 260 g/mol. The molecule has 0 bridgehead atoms. The molecule has 1 aliphatic rings. The van der Waals surface area contributed by atoms with Crippen molar-refractivity contribution in [3.63, 3.8) is 0 Å². The number of aliphatic carboxylic acids is 1. The molecule has 3 N–H and O–H groups in total. The molecule has 0 aromatic heterocycles. The van der Waals surface area contributed by atoms with Crippen LogP contribution in [0.15, 0.2) is 0 Å². The van der Waals surface area contributed by atoms with Crippen LogP contribution in [0, 0.1) is 0 Å². The van der Waals surface area contributed by atoms with Crippen LogP contribution in [-0.2, 0) is 9.53 Å². The summed E-state index contributed by atoms with van der Waals surface area (Å²) in [6, 6.07) is -1.74. The lowest BCUT2D eigenvalue weighted by Crippen LogP contribution is -2.54. The molecule has 0 aliphatic carbocycles. The fourth-order valence-electron chi connectivity index (χ4n) is 1.91. The van der Waals surface area contributed by atoms with E-state index in [1.54, 1.807) is 7.11 Å². The Bertz CT molecular complexity index is 300. The predicted molar refractivity (Wildman–Crippen MR) is 63.2 cm³/mol. The number of aliphatic hydroxyl groups excluding tert-OH is 1. The predicted octanol–water partition coefficient (Wildman–Crippen LogP) is -0.359. The molecule has 0 unspecified atom stereocenters. The van der Waals surface area contributed by atoms with Gasteiger partial charge in [0.05, 0.1) is 12.2 Å². The minimum absolute atomic E-state index is 0.154. The van der Waals surface area contributed by atoms with Gasteiger partial charge in [-0.15, -0.1) is 0 Å². The van der Waals surface area contributed by atoms with Gasteiger partial charge in [-0.2, -0.15) is 0 Å². The Morgan fingerprint density at radius 3 is 2.33 bits per heavy atom. The van der Waals surface area contributed by atoms with Crippen molar-refractivity contribution < 1.29 is 24.5 Å². The summed E-state index contributed by atoms with van der Waals surface area (Å²) >= 11 is 0. The Kier molecular flexibility index (Phi) is 5.36. The minimum Gasteiger partial charge on any atom is -0.480 e. The number of amides is 2. The molecule has 0 spiro atoms. The normalized spacial score (nSPS) is 20.3. The van der Waals surface area contributed by atoms with Crippen molar-refractivity contribution in [1.29, 1.82) is 0 Å².